The van der Waals surface area contributed by atoms with Gasteiger partial charge in [-0.1, -0.05) is 38.1 Å². The normalized spacial score (nSPS) is 12.9. The van der Waals surface area contributed by atoms with Crippen molar-refractivity contribution in [1.82, 2.24) is 0 Å². The number of nitrogens with zero attached hydrogens (tertiary/aromatic N) is 2. The Labute approximate surface area is 138 Å². The van der Waals surface area contributed by atoms with E-state index in [1.165, 1.54) is 6.20 Å². The molecule has 0 aliphatic heterocycles. The standard InChI is InChI=1S/C19H23N3O/c1-5-7-16(13-21-4)19(23)22-17-9-6-8-15(12-17)18(10-11-20)14(2)3/h5-9,12-14,18H,4,10H2,1-3H3,(H,22,23)/b7-5-,16-13+. The minimum Gasteiger partial charge on any atom is -0.322 e. The molecule has 4 nitrogen and oxygen atoms in total. The summed E-state index contributed by atoms with van der Waals surface area (Å²) < 4.78 is 0. The largest absolute Gasteiger partial charge is 0.322 e. The summed E-state index contributed by atoms with van der Waals surface area (Å²) in [5, 5.41) is 11.9. The van der Waals surface area contributed by atoms with Gasteiger partial charge in [-0.15, -0.1) is 0 Å². The van der Waals surface area contributed by atoms with Gasteiger partial charge in [-0.25, -0.2) is 0 Å². The Kier molecular flexibility index (Phi) is 7.49. The van der Waals surface area contributed by atoms with Gasteiger partial charge in [0, 0.05) is 18.3 Å². The van der Waals surface area contributed by atoms with E-state index in [0.29, 0.717) is 23.6 Å². The summed E-state index contributed by atoms with van der Waals surface area (Å²) in [5.74, 6) is 0.260. The molecule has 0 saturated heterocycles. The van der Waals surface area contributed by atoms with E-state index >= 15 is 0 Å². The maximum Gasteiger partial charge on any atom is 0.257 e. The van der Waals surface area contributed by atoms with E-state index in [0.717, 1.165) is 5.56 Å². The number of amides is 1. The van der Waals surface area contributed by atoms with E-state index in [2.05, 4.69) is 36.9 Å². The average molecular weight is 309 g/mol. The number of aliphatic imine (C=N–C) groups is 1. The number of nitriles is 1. The molecule has 1 amide bonds. The van der Waals surface area contributed by atoms with E-state index in [1.807, 2.05) is 31.2 Å². The fraction of sp³-hybridized carbons (Fsp3) is 0.316. The summed E-state index contributed by atoms with van der Waals surface area (Å²) in [5.41, 5.74) is 2.19. The molecule has 1 atom stereocenters. The third-order valence-electron chi connectivity index (χ3n) is 3.53. The first-order valence-electron chi connectivity index (χ1n) is 7.60. The van der Waals surface area contributed by atoms with Crippen molar-refractivity contribution in [3.63, 3.8) is 0 Å². The van der Waals surface area contributed by atoms with Crippen LogP contribution >= 0.6 is 0 Å². The smallest absolute Gasteiger partial charge is 0.257 e. The lowest BCUT2D eigenvalue weighted by Gasteiger charge is -2.19. The summed E-state index contributed by atoms with van der Waals surface area (Å²) in [7, 11) is 0. The van der Waals surface area contributed by atoms with Crippen molar-refractivity contribution in [2.75, 3.05) is 5.32 Å². The van der Waals surface area contributed by atoms with Gasteiger partial charge in [0.05, 0.1) is 11.6 Å². The van der Waals surface area contributed by atoms with Crippen LogP contribution in [0.2, 0.25) is 0 Å². The molecule has 120 valence electrons. The highest BCUT2D eigenvalue weighted by Crippen LogP contribution is 2.29. The van der Waals surface area contributed by atoms with Crippen molar-refractivity contribution in [2.24, 2.45) is 10.9 Å². The van der Waals surface area contributed by atoms with Gasteiger partial charge in [-0.3, -0.25) is 9.79 Å². The molecule has 23 heavy (non-hydrogen) atoms. The first kappa shape index (κ1) is 18.4. The van der Waals surface area contributed by atoms with Crippen molar-refractivity contribution in [2.45, 2.75) is 33.1 Å². The highest BCUT2D eigenvalue weighted by atomic mass is 16.1. The number of allylic oxidation sites excluding steroid dienone is 1. The van der Waals surface area contributed by atoms with Crippen LogP contribution in [-0.4, -0.2) is 12.6 Å². The molecular formula is C19H23N3O. The molecule has 0 aliphatic rings. The van der Waals surface area contributed by atoms with Crippen LogP contribution in [0.5, 0.6) is 0 Å². The van der Waals surface area contributed by atoms with E-state index in [9.17, 15) is 4.79 Å². The molecule has 0 bridgehead atoms. The first-order valence-corrected chi connectivity index (χ1v) is 7.60. The topological polar surface area (TPSA) is 65.2 Å². The van der Waals surface area contributed by atoms with Crippen LogP contribution in [-0.2, 0) is 4.79 Å². The van der Waals surface area contributed by atoms with Crippen molar-refractivity contribution >= 4 is 18.3 Å². The molecular weight excluding hydrogens is 286 g/mol. The van der Waals surface area contributed by atoms with Gasteiger partial charge >= 0.3 is 0 Å². The van der Waals surface area contributed by atoms with E-state index in [-0.39, 0.29) is 11.8 Å². The SMILES string of the molecule is C=N/C=C(\C=C/C)C(=O)Nc1cccc(C(CC#N)C(C)C)c1. The predicted molar refractivity (Wildman–Crippen MR) is 95.3 cm³/mol. The third-order valence-corrected chi connectivity index (χ3v) is 3.53. The van der Waals surface area contributed by atoms with Crippen LogP contribution in [0.15, 0.2) is 53.2 Å². The van der Waals surface area contributed by atoms with Crippen LogP contribution in [0.4, 0.5) is 5.69 Å². The summed E-state index contributed by atoms with van der Waals surface area (Å²) >= 11 is 0. The molecule has 1 unspecified atom stereocenters. The number of anilines is 1. The van der Waals surface area contributed by atoms with Gasteiger partial charge in [0.2, 0.25) is 0 Å². The van der Waals surface area contributed by atoms with Crippen molar-refractivity contribution in [3.05, 3.63) is 53.8 Å². The average Bonchev–Trinajstić information content (AvgIpc) is 2.52. The van der Waals surface area contributed by atoms with E-state index in [1.54, 1.807) is 12.2 Å². The molecule has 0 radical (unpaired) electrons. The zero-order valence-corrected chi connectivity index (χ0v) is 13.9. The predicted octanol–water partition coefficient (Wildman–Crippen LogP) is 4.44. The Morgan fingerprint density at radius 1 is 1.48 bits per heavy atom. The lowest BCUT2D eigenvalue weighted by Crippen LogP contribution is -2.14. The highest BCUT2D eigenvalue weighted by Gasteiger charge is 2.16. The second-order valence-electron chi connectivity index (χ2n) is 5.56. The number of benzene rings is 1. The maximum absolute atomic E-state index is 12.3. The van der Waals surface area contributed by atoms with Gasteiger partial charge in [-0.2, -0.15) is 5.26 Å². The van der Waals surface area contributed by atoms with Gasteiger partial charge in [0.1, 0.15) is 0 Å². The molecule has 0 aromatic heterocycles. The lowest BCUT2D eigenvalue weighted by molar-refractivity contribution is -0.112. The second kappa shape index (κ2) is 9.37. The fourth-order valence-corrected chi connectivity index (χ4v) is 2.34. The molecule has 4 heteroatoms. The molecule has 1 rings (SSSR count). The molecule has 0 fully saturated rings. The molecule has 0 saturated carbocycles. The van der Waals surface area contributed by atoms with Crippen LogP contribution in [0.3, 0.4) is 0 Å². The molecule has 0 aliphatic carbocycles. The molecule has 1 aromatic carbocycles. The Bertz CT molecular complexity index is 651. The minimum atomic E-state index is -0.242. The Morgan fingerprint density at radius 2 is 2.22 bits per heavy atom. The Balaban J connectivity index is 3.01. The Hall–Kier alpha value is -2.67. The highest BCUT2D eigenvalue weighted by molar-refractivity contribution is 6.05. The van der Waals surface area contributed by atoms with Gasteiger partial charge in [0.15, 0.2) is 0 Å². The summed E-state index contributed by atoms with van der Waals surface area (Å²) in [6.07, 6.45) is 5.33. The monoisotopic (exact) mass is 309 g/mol. The van der Waals surface area contributed by atoms with Gasteiger partial charge in [-0.05, 0) is 43.2 Å². The second-order valence-corrected chi connectivity index (χ2v) is 5.56. The quantitative estimate of drug-likeness (QED) is 0.460. The number of carbonyl (C=O) groups is 1. The van der Waals surface area contributed by atoms with Crippen LogP contribution in [0, 0.1) is 17.2 Å². The number of hydrogen-bond acceptors (Lipinski definition) is 3. The molecule has 0 heterocycles. The molecule has 1 aromatic rings. The van der Waals surface area contributed by atoms with Crippen LogP contribution in [0.25, 0.3) is 0 Å². The van der Waals surface area contributed by atoms with Crippen molar-refractivity contribution in [3.8, 4) is 6.07 Å². The summed E-state index contributed by atoms with van der Waals surface area (Å²) in [6, 6.07) is 9.88. The van der Waals surface area contributed by atoms with Crippen molar-refractivity contribution in [1.29, 1.82) is 5.26 Å². The van der Waals surface area contributed by atoms with Gasteiger partial charge < -0.3 is 5.32 Å². The first-order chi connectivity index (χ1) is 11.0. The Morgan fingerprint density at radius 3 is 2.78 bits per heavy atom. The summed E-state index contributed by atoms with van der Waals surface area (Å²) in [6.45, 7) is 9.40. The number of carbonyl (C=O) groups excluding carboxylic acids is 1. The minimum absolute atomic E-state index is 0.150. The van der Waals surface area contributed by atoms with Crippen LogP contribution < -0.4 is 5.32 Å². The fourth-order valence-electron chi connectivity index (χ4n) is 2.34. The van der Waals surface area contributed by atoms with Crippen molar-refractivity contribution < 1.29 is 4.79 Å². The maximum atomic E-state index is 12.3. The van der Waals surface area contributed by atoms with Crippen LogP contribution in [0.1, 0.15) is 38.7 Å². The molecule has 0 spiro atoms. The van der Waals surface area contributed by atoms with E-state index < -0.39 is 0 Å². The zero-order valence-electron chi connectivity index (χ0n) is 13.9. The van der Waals surface area contributed by atoms with E-state index in [4.69, 9.17) is 5.26 Å². The van der Waals surface area contributed by atoms with Gasteiger partial charge in [0.25, 0.3) is 5.91 Å². The lowest BCUT2D eigenvalue weighted by atomic mass is 9.86. The zero-order chi connectivity index (χ0) is 17.2. The molecule has 1 N–H and O–H groups in total. The summed E-state index contributed by atoms with van der Waals surface area (Å²) in [4.78, 5) is 15.9. The number of rotatable bonds is 7. The number of nitrogens with one attached hydrogen (secondary N) is 1. The third kappa shape index (κ3) is 5.55. The number of hydrogen-bond donors (Lipinski definition) is 1.